The van der Waals surface area contributed by atoms with Crippen LogP contribution in [0.5, 0.6) is 5.75 Å². The van der Waals surface area contributed by atoms with E-state index in [1.807, 2.05) is 13.0 Å². The van der Waals surface area contributed by atoms with Gasteiger partial charge in [0.1, 0.15) is 17.6 Å². The van der Waals surface area contributed by atoms with Crippen molar-refractivity contribution in [1.29, 1.82) is 5.26 Å². The minimum Gasteiger partial charge on any atom is -0.493 e. The molecule has 2 rings (SSSR count). The molecule has 20 heavy (non-hydrogen) atoms. The molecular weight excluding hydrogens is 257 g/mol. The lowest BCUT2D eigenvalue weighted by Crippen LogP contribution is -1.99. The van der Waals surface area contributed by atoms with E-state index in [-0.39, 0.29) is 16.7 Å². The van der Waals surface area contributed by atoms with Crippen molar-refractivity contribution >= 4 is 6.29 Å². The molecule has 0 bridgehead atoms. The molecule has 0 saturated heterocycles. The summed E-state index contributed by atoms with van der Waals surface area (Å²) in [6.07, 6.45) is 0.609. The van der Waals surface area contributed by atoms with Crippen LogP contribution in [0.1, 0.15) is 22.8 Å². The molecule has 2 aromatic rings. The number of rotatable bonds is 4. The maximum Gasteiger partial charge on any atom is 0.150 e. The lowest BCUT2D eigenvalue weighted by Gasteiger charge is -2.13. The van der Waals surface area contributed by atoms with Gasteiger partial charge in [-0.05, 0) is 25.1 Å². The van der Waals surface area contributed by atoms with Crippen molar-refractivity contribution < 1.29 is 13.9 Å². The Morgan fingerprint density at radius 3 is 2.70 bits per heavy atom. The van der Waals surface area contributed by atoms with Crippen molar-refractivity contribution in [3.63, 3.8) is 0 Å². The zero-order valence-corrected chi connectivity index (χ0v) is 10.9. The van der Waals surface area contributed by atoms with Crippen LogP contribution in [0.25, 0.3) is 11.1 Å². The summed E-state index contributed by atoms with van der Waals surface area (Å²) < 4.78 is 19.3. The molecule has 0 saturated carbocycles. The molecule has 0 heterocycles. The summed E-state index contributed by atoms with van der Waals surface area (Å²) in [5.41, 5.74) is 0.913. The lowest BCUT2D eigenvalue weighted by molar-refractivity contribution is 0.112. The topological polar surface area (TPSA) is 50.1 Å². The number of benzene rings is 2. The van der Waals surface area contributed by atoms with Gasteiger partial charge in [-0.3, -0.25) is 4.79 Å². The summed E-state index contributed by atoms with van der Waals surface area (Å²) in [4.78, 5) is 11.2. The van der Waals surface area contributed by atoms with Gasteiger partial charge in [-0.1, -0.05) is 18.2 Å². The van der Waals surface area contributed by atoms with Crippen LogP contribution >= 0.6 is 0 Å². The van der Waals surface area contributed by atoms with Crippen molar-refractivity contribution in [1.82, 2.24) is 0 Å². The van der Waals surface area contributed by atoms with E-state index in [1.54, 1.807) is 24.3 Å². The fraction of sp³-hybridized carbons (Fsp3) is 0.125. The minimum atomic E-state index is -0.653. The van der Waals surface area contributed by atoms with Gasteiger partial charge in [-0.15, -0.1) is 0 Å². The first kappa shape index (κ1) is 13.8. The van der Waals surface area contributed by atoms with E-state index in [4.69, 9.17) is 10.00 Å². The van der Waals surface area contributed by atoms with E-state index in [0.717, 1.165) is 6.07 Å². The second kappa shape index (κ2) is 5.98. The van der Waals surface area contributed by atoms with Gasteiger partial charge < -0.3 is 4.74 Å². The number of aldehydes is 1. The second-order valence-corrected chi connectivity index (χ2v) is 4.05. The third-order valence-electron chi connectivity index (χ3n) is 2.88. The molecule has 0 aromatic heterocycles. The Hall–Kier alpha value is -2.67. The van der Waals surface area contributed by atoms with Crippen LogP contribution in [0.3, 0.4) is 0 Å². The highest BCUT2D eigenvalue weighted by atomic mass is 19.1. The molecule has 3 nitrogen and oxygen atoms in total. The monoisotopic (exact) mass is 269 g/mol. The van der Waals surface area contributed by atoms with Gasteiger partial charge in [0.25, 0.3) is 0 Å². The van der Waals surface area contributed by atoms with Crippen molar-refractivity contribution in [3.8, 4) is 22.9 Å². The van der Waals surface area contributed by atoms with Gasteiger partial charge in [0.05, 0.1) is 12.2 Å². The Balaban J connectivity index is 2.78. The normalized spacial score (nSPS) is 9.85. The van der Waals surface area contributed by atoms with E-state index < -0.39 is 5.82 Å². The van der Waals surface area contributed by atoms with Crippen LogP contribution < -0.4 is 4.74 Å². The molecule has 0 aliphatic carbocycles. The predicted molar refractivity (Wildman–Crippen MR) is 73.1 cm³/mol. The molecule has 0 unspecified atom stereocenters. The average Bonchev–Trinajstić information content (AvgIpc) is 2.48. The molecule has 0 atom stereocenters. The Morgan fingerprint density at radius 1 is 1.30 bits per heavy atom. The number of para-hydroxylation sites is 1. The van der Waals surface area contributed by atoms with Crippen LogP contribution in [-0.4, -0.2) is 12.9 Å². The first-order valence-electron chi connectivity index (χ1n) is 6.12. The van der Waals surface area contributed by atoms with Gasteiger partial charge in [0, 0.05) is 16.7 Å². The Morgan fingerprint density at radius 2 is 2.05 bits per heavy atom. The standard InChI is InChI=1S/C16H12FNO2/c1-2-20-15-6-4-3-5-12(15)16-11(10-19)7-8-14(17)13(16)9-18/h3-8,10H,2H2,1H3. The Labute approximate surface area is 116 Å². The second-order valence-electron chi connectivity index (χ2n) is 4.05. The van der Waals surface area contributed by atoms with Crippen molar-refractivity contribution in [2.24, 2.45) is 0 Å². The van der Waals surface area contributed by atoms with Gasteiger partial charge in [-0.25, -0.2) is 4.39 Å². The summed E-state index contributed by atoms with van der Waals surface area (Å²) in [5, 5.41) is 9.15. The number of nitriles is 1. The number of ether oxygens (including phenoxy) is 1. The smallest absolute Gasteiger partial charge is 0.150 e. The highest BCUT2D eigenvalue weighted by molar-refractivity contribution is 5.92. The molecule has 0 fully saturated rings. The van der Waals surface area contributed by atoms with Gasteiger partial charge in [-0.2, -0.15) is 5.26 Å². The zero-order valence-electron chi connectivity index (χ0n) is 10.9. The summed E-state index contributed by atoms with van der Waals surface area (Å²) >= 11 is 0. The first-order valence-corrected chi connectivity index (χ1v) is 6.12. The zero-order chi connectivity index (χ0) is 14.5. The molecule has 0 spiro atoms. The van der Waals surface area contributed by atoms with Gasteiger partial charge >= 0.3 is 0 Å². The molecule has 0 N–H and O–H groups in total. The van der Waals surface area contributed by atoms with Gasteiger partial charge in [0.2, 0.25) is 0 Å². The molecule has 100 valence electrons. The number of carbonyl (C=O) groups is 1. The molecule has 2 aromatic carbocycles. The van der Waals surface area contributed by atoms with Crippen molar-refractivity contribution in [3.05, 3.63) is 53.3 Å². The predicted octanol–water partition coefficient (Wildman–Crippen LogP) is 3.58. The third kappa shape index (κ3) is 2.39. The van der Waals surface area contributed by atoms with Crippen LogP contribution in [0.2, 0.25) is 0 Å². The van der Waals surface area contributed by atoms with Crippen LogP contribution in [-0.2, 0) is 0 Å². The van der Waals surface area contributed by atoms with Gasteiger partial charge in [0.15, 0.2) is 6.29 Å². The number of carbonyl (C=O) groups excluding carboxylic acids is 1. The molecular formula is C16H12FNO2. The van der Waals surface area contributed by atoms with E-state index in [9.17, 15) is 9.18 Å². The molecule has 0 aliphatic heterocycles. The van der Waals surface area contributed by atoms with E-state index >= 15 is 0 Å². The fourth-order valence-corrected chi connectivity index (χ4v) is 2.05. The maximum absolute atomic E-state index is 13.8. The fourth-order valence-electron chi connectivity index (χ4n) is 2.05. The number of hydrogen-bond acceptors (Lipinski definition) is 3. The first-order chi connectivity index (χ1) is 9.72. The van der Waals surface area contributed by atoms with Crippen molar-refractivity contribution in [2.75, 3.05) is 6.61 Å². The van der Waals surface area contributed by atoms with Crippen molar-refractivity contribution in [2.45, 2.75) is 6.92 Å². The Kier molecular flexibility index (Phi) is 4.11. The highest BCUT2D eigenvalue weighted by Crippen LogP contribution is 2.35. The molecule has 4 heteroatoms. The molecule has 0 amide bonds. The summed E-state index contributed by atoms with van der Waals surface area (Å²) in [6, 6.07) is 11.2. The molecule has 0 radical (unpaired) electrons. The van der Waals surface area contributed by atoms with Crippen LogP contribution in [0, 0.1) is 17.1 Å². The Bertz CT molecular complexity index is 689. The van der Waals surface area contributed by atoms with Crippen LogP contribution in [0.15, 0.2) is 36.4 Å². The summed E-state index contributed by atoms with van der Waals surface area (Å²) in [5.74, 6) is -0.139. The van der Waals surface area contributed by atoms with E-state index in [1.165, 1.54) is 6.07 Å². The molecule has 0 aliphatic rings. The number of nitrogens with zero attached hydrogens (tertiary/aromatic N) is 1. The number of halogens is 1. The van der Waals surface area contributed by atoms with Crippen LogP contribution in [0.4, 0.5) is 4.39 Å². The quantitative estimate of drug-likeness (QED) is 0.797. The summed E-state index contributed by atoms with van der Waals surface area (Å²) in [7, 11) is 0. The third-order valence-corrected chi connectivity index (χ3v) is 2.88. The largest absolute Gasteiger partial charge is 0.493 e. The number of hydrogen-bond donors (Lipinski definition) is 0. The average molecular weight is 269 g/mol. The maximum atomic E-state index is 13.8. The lowest BCUT2D eigenvalue weighted by atomic mass is 9.94. The highest BCUT2D eigenvalue weighted by Gasteiger charge is 2.18. The SMILES string of the molecule is CCOc1ccccc1-c1c(C=O)ccc(F)c1C#N. The van der Waals surface area contributed by atoms with E-state index in [2.05, 4.69) is 0 Å². The van der Waals surface area contributed by atoms with E-state index in [0.29, 0.717) is 24.2 Å². The minimum absolute atomic E-state index is 0.151. The summed E-state index contributed by atoms with van der Waals surface area (Å²) in [6.45, 7) is 2.26.